The van der Waals surface area contributed by atoms with Crippen molar-refractivity contribution >= 4 is 11.9 Å². The topological polar surface area (TPSA) is 52.6 Å². The Morgan fingerprint density at radius 2 is 1.19 bits per heavy atom. The lowest BCUT2D eigenvalue weighted by molar-refractivity contribution is -0.144. The summed E-state index contributed by atoms with van der Waals surface area (Å²) in [5.74, 6) is -0.543. The Kier molecular flexibility index (Phi) is 13.7. The summed E-state index contributed by atoms with van der Waals surface area (Å²) in [6.45, 7) is 4.81. The van der Waals surface area contributed by atoms with Crippen molar-refractivity contribution in [3.05, 3.63) is 24.3 Å². The fourth-order valence-electron chi connectivity index (χ4n) is 1.51. The lowest BCUT2D eigenvalue weighted by atomic mass is 10.2. The van der Waals surface area contributed by atoms with Crippen LogP contribution in [0.2, 0.25) is 0 Å². The van der Waals surface area contributed by atoms with Crippen LogP contribution in [0.3, 0.4) is 0 Å². The van der Waals surface area contributed by atoms with E-state index in [1.165, 1.54) is 0 Å². The van der Waals surface area contributed by atoms with Gasteiger partial charge in [0, 0.05) is 12.8 Å². The number of hydrogen-bond donors (Lipinski definition) is 0. The Hall–Kier alpha value is -1.58. The minimum atomic E-state index is -0.271. The number of ether oxygens (including phenoxy) is 2. The molecule has 0 radical (unpaired) electrons. The van der Waals surface area contributed by atoms with Gasteiger partial charge in [0.1, 0.15) is 13.2 Å². The van der Waals surface area contributed by atoms with E-state index in [1.54, 1.807) is 0 Å². The van der Waals surface area contributed by atoms with Crippen LogP contribution in [0.1, 0.15) is 58.8 Å². The minimum absolute atomic E-state index is 0.252. The third-order valence-electron chi connectivity index (χ3n) is 2.69. The maximum Gasteiger partial charge on any atom is 0.306 e. The van der Waals surface area contributed by atoms with Gasteiger partial charge in [-0.3, -0.25) is 9.59 Å². The predicted molar refractivity (Wildman–Crippen MR) is 83.9 cm³/mol. The average Bonchev–Trinajstić information content (AvgIpc) is 2.47. The summed E-state index contributed by atoms with van der Waals surface area (Å²) in [6, 6.07) is 0. The summed E-state index contributed by atoms with van der Waals surface area (Å²) in [7, 11) is 0. The molecular weight excluding hydrogens is 268 g/mol. The lowest BCUT2D eigenvalue weighted by Gasteiger charge is -2.03. The summed E-state index contributed by atoms with van der Waals surface area (Å²) >= 11 is 0. The number of rotatable bonds is 12. The summed E-state index contributed by atoms with van der Waals surface area (Å²) in [5, 5.41) is 0. The van der Waals surface area contributed by atoms with E-state index in [0.717, 1.165) is 25.7 Å². The number of hydrogen-bond acceptors (Lipinski definition) is 4. The van der Waals surface area contributed by atoms with Crippen LogP contribution in [0.4, 0.5) is 0 Å². The van der Waals surface area contributed by atoms with Gasteiger partial charge >= 0.3 is 11.9 Å². The zero-order valence-corrected chi connectivity index (χ0v) is 13.3. The van der Waals surface area contributed by atoms with Crippen molar-refractivity contribution in [1.29, 1.82) is 0 Å². The molecule has 0 rings (SSSR count). The van der Waals surface area contributed by atoms with Crippen molar-refractivity contribution in [1.82, 2.24) is 0 Å². The molecule has 4 nitrogen and oxygen atoms in total. The van der Waals surface area contributed by atoms with Crippen LogP contribution in [-0.2, 0) is 19.1 Å². The molecule has 0 saturated carbocycles. The first-order valence-corrected chi connectivity index (χ1v) is 7.81. The van der Waals surface area contributed by atoms with Crippen molar-refractivity contribution in [3.63, 3.8) is 0 Å². The van der Waals surface area contributed by atoms with Gasteiger partial charge in [-0.25, -0.2) is 0 Å². The number of carbonyl (C=O) groups excluding carboxylic acids is 2. The van der Waals surface area contributed by atoms with Gasteiger partial charge in [0.25, 0.3) is 0 Å². The number of esters is 2. The highest BCUT2D eigenvalue weighted by Gasteiger charge is 2.06. The fourth-order valence-corrected chi connectivity index (χ4v) is 1.51. The molecule has 0 fully saturated rings. The van der Waals surface area contributed by atoms with Crippen molar-refractivity contribution in [2.45, 2.75) is 58.8 Å². The van der Waals surface area contributed by atoms with Crippen LogP contribution >= 0.6 is 0 Å². The van der Waals surface area contributed by atoms with E-state index in [1.807, 2.05) is 24.3 Å². The van der Waals surface area contributed by atoms with E-state index < -0.39 is 0 Å². The maximum absolute atomic E-state index is 11.4. The normalized spacial score (nSPS) is 11.1. The molecule has 0 spiro atoms. The maximum atomic E-state index is 11.4. The summed E-state index contributed by atoms with van der Waals surface area (Å²) in [6.07, 6.45) is 12.8. The third kappa shape index (κ3) is 14.6. The number of allylic oxidation sites excluding steroid dienone is 2. The van der Waals surface area contributed by atoms with E-state index in [9.17, 15) is 9.59 Å². The Morgan fingerprint density at radius 3 is 1.57 bits per heavy atom. The number of carbonyl (C=O) groups is 2. The summed E-state index contributed by atoms with van der Waals surface area (Å²) in [4.78, 5) is 22.7. The van der Waals surface area contributed by atoms with Crippen molar-refractivity contribution in [2.24, 2.45) is 0 Å². The first-order chi connectivity index (χ1) is 10.2. The molecule has 0 bridgehead atoms. The van der Waals surface area contributed by atoms with Crippen molar-refractivity contribution in [2.75, 3.05) is 13.2 Å². The van der Waals surface area contributed by atoms with Crippen LogP contribution < -0.4 is 0 Å². The van der Waals surface area contributed by atoms with E-state index in [2.05, 4.69) is 13.8 Å². The molecular formula is C17H28O4. The average molecular weight is 296 g/mol. The molecule has 0 heterocycles. The van der Waals surface area contributed by atoms with Gasteiger partial charge < -0.3 is 9.47 Å². The highest BCUT2D eigenvalue weighted by Crippen LogP contribution is 2.00. The number of unbranched alkanes of at least 4 members (excludes halogenated alkanes) is 2. The molecule has 0 N–H and O–H groups in total. The Morgan fingerprint density at radius 1 is 0.762 bits per heavy atom. The second-order valence-electron chi connectivity index (χ2n) is 4.74. The van der Waals surface area contributed by atoms with Gasteiger partial charge in [-0.15, -0.1) is 0 Å². The zero-order chi connectivity index (χ0) is 15.8. The molecule has 0 aliphatic heterocycles. The molecule has 0 saturated heterocycles. The lowest BCUT2D eigenvalue weighted by Crippen LogP contribution is -2.08. The monoisotopic (exact) mass is 296 g/mol. The molecule has 0 unspecified atom stereocenters. The van der Waals surface area contributed by atoms with Gasteiger partial charge in [0.2, 0.25) is 0 Å². The standard InChI is InChI=1S/C17H28O4/c1-3-5-7-9-14-20-16(18)12-11-13-17(19)21-15-10-8-6-4-2/h7-10H,3-6,11-15H2,1-2H3/b9-7+,10-8+. The molecule has 0 aliphatic rings. The second-order valence-corrected chi connectivity index (χ2v) is 4.74. The van der Waals surface area contributed by atoms with E-state index in [4.69, 9.17) is 9.47 Å². The zero-order valence-electron chi connectivity index (χ0n) is 13.3. The summed E-state index contributed by atoms with van der Waals surface area (Å²) < 4.78 is 10.0. The van der Waals surface area contributed by atoms with Gasteiger partial charge in [-0.1, -0.05) is 51.0 Å². The predicted octanol–water partition coefficient (Wildman–Crippen LogP) is 3.96. The van der Waals surface area contributed by atoms with Crippen LogP contribution in [0.5, 0.6) is 0 Å². The second kappa shape index (κ2) is 14.8. The van der Waals surface area contributed by atoms with Crippen LogP contribution in [0, 0.1) is 0 Å². The molecule has 0 aromatic heterocycles. The molecule has 0 aromatic carbocycles. The van der Waals surface area contributed by atoms with Gasteiger partial charge in [-0.2, -0.15) is 0 Å². The largest absolute Gasteiger partial charge is 0.461 e. The Labute approximate surface area is 128 Å². The first kappa shape index (κ1) is 19.4. The smallest absolute Gasteiger partial charge is 0.306 e. The Bertz CT molecular complexity index is 300. The molecule has 0 aliphatic carbocycles. The van der Waals surface area contributed by atoms with Gasteiger partial charge in [0.05, 0.1) is 0 Å². The molecule has 4 heteroatoms. The van der Waals surface area contributed by atoms with Gasteiger partial charge in [-0.05, 0) is 19.3 Å². The molecule has 0 atom stereocenters. The first-order valence-electron chi connectivity index (χ1n) is 7.81. The third-order valence-corrected chi connectivity index (χ3v) is 2.69. The molecule has 0 aromatic rings. The van der Waals surface area contributed by atoms with E-state index in [0.29, 0.717) is 19.6 Å². The summed E-state index contributed by atoms with van der Waals surface area (Å²) in [5.41, 5.74) is 0. The molecule has 21 heavy (non-hydrogen) atoms. The minimum Gasteiger partial charge on any atom is -0.461 e. The molecule has 120 valence electrons. The SMILES string of the molecule is CCC/C=C/COC(=O)CCCC(=O)OC/C=C/CCC. The molecule has 0 amide bonds. The van der Waals surface area contributed by atoms with Crippen molar-refractivity contribution < 1.29 is 19.1 Å². The highest BCUT2D eigenvalue weighted by molar-refractivity contribution is 5.72. The quantitative estimate of drug-likeness (QED) is 0.404. The van der Waals surface area contributed by atoms with Crippen LogP contribution in [0.15, 0.2) is 24.3 Å². The highest BCUT2D eigenvalue weighted by atomic mass is 16.5. The fraction of sp³-hybridized carbons (Fsp3) is 0.647. The van der Waals surface area contributed by atoms with Crippen molar-refractivity contribution in [3.8, 4) is 0 Å². The Balaban J connectivity index is 3.51. The van der Waals surface area contributed by atoms with E-state index in [-0.39, 0.29) is 24.8 Å². The van der Waals surface area contributed by atoms with Crippen LogP contribution in [-0.4, -0.2) is 25.2 Å². The van der Waals surface area contributed by atoms with E-state index >= 15 is 0 Å². The van der Waals surface area contributed by atoms with Crippen LogP contribution in [0.25, 0.3) is 0 Å². The van der Waals surface area contributed by atoms with Gasteiger partial charge in [0.15, 0.2) is 0 Å².